The first-order valence-electron chi connectivity index (χ1n) is 10.6. The molecule has 0 spiro atoms. The number of amides is 1. The highest BCUT2D eigenvalue weighted by molar-refractivity contribution is 7.99. The number of Topliss-reactive ketones (excluding diaryl/α,β-unsaturated/α-hetero) is 1. The number of hydrogen-bond donors (Lipinski definition) is 1. The van der Waals surface area contributed by atoms with Gasteiger partial charge in [-0.05, 0) is 55.8 Å². The van der Waals surface area contributed by atoms with Crippen molar-refractivity contribution in [1.82, 2.24) is 14.8 Å². The summed E-state index contributed by atoms with van der Waals surface area (Å²) in [5, 5.41) is 12.3. The third-order valence-electron chi connectivity index (χ3n) is 5.71. The number of hydrogen-bond acceptors (Lipinski definition) is 6. The highest BCUT2D eigenvalue weighted by Gasteiger charge is 2.27. The SMILES string of the molecule is Cc1cccc(-c2nnc(SCC(=O)c3ccc4c(c3)C(C)C(=O)N4)n2Cc2ccco2)c1. The number of furan rings is 1. The fourth-order valence-electron chi connectivity index (χ4n) is 3.90. The number of carbonyl (C=O) groups excluding carboxylic acids is 2. The van der Waals surface area contributed by atoms with E-state index in [1.54, 1.807) is 18.4 Å². The summed E-state index contributed by atoms with van der Waals surface area (Å²) in [5.74, 6) is 1.38. The van der Waals surface area contributed by atoms with Gasteiger partial charge in [-0.25, -0.2) is 0 Å². The van der Waals surface area contributed by atoms with Crippen LogP contribution in [0.2, 0.25) is 0 Å². The Labute approximate surface area is 195 Å². The number of benzene rings is 2. The minimum absolute atomic E-state index is 0.0287. The molecule has 33 heavy (non-hydrogen) atoms. The second-order valence-corrected chi connectivity index (χ2v) is 9.01. The second kappa shape index (κ2) is 8.71. The van der Waals surface area contributed by atoms with Crippen molar-refractivity contribution in [2.75, 3.05) is 11.1 Å². The molecule has 0 saturated heterocycles. The van der Waals surface area contributed by atoms with Crippen molar-refractivity contribution < 1.29 is 14.0 Å². The van der Waals surface area contributed by atoms with E-state index >= 15 is 0 Å². The van der Waals surface area contributed by atoms with Crippen molar-refractivity contribution >= 4 is 29.1 Å². The van der Waals surface area contributed by atoms with Crippen LogP contribution in [0.3, 0.4) is 0 Å². The lowest BCUT2D eigenvalue weighted by molar-refractivity contribution is -0.116. The zero-order valence-electron chi connectivity index (χ0n) is 18.2. The Morgan fingerprint density at radius 1 is 1.15 bits per heavy atom. The van der Waals surface area contributed by atoms with Gasteiger partial charge in [-0.15, -0.1) is 10.2 Å². The molecule has 1 unspecified atom stereocenters. The Hall–Kier alpha value is -3.65. The average Bonchev–Trinajstić information content (AvgIpc) is 3.53. The van der Waals surface area contributed by atoms with Gasteiger partial charge >= 0.3 is 0 Å². The van der Waals surface area contributed by atoms with Crippen LogP contribution in [0.1, 0.15) is 40.1 Å². The van der Waals surface area contributed by atoms with Crippen LogP contribution in [0.15, 0.2) is 70.4 Å². The molecule has 0 saturated carbocycles. The number of nitrogens with zero attached hydrogens (tertiary/aromatic N) is 3. The van der Waals surface area contributed by atoms with Crippen LogP contribution in [-0.4, -0.2) is 32.2 Å². The lowest BCUT2D eigenvalue weighted by Crippen LogP contribution is -2.08. The van der Waals surface area contributed by atoms with Crippen molar-refractivity contribution in [2.24, 2.45) is 0 Å². The van der Waals surface area contributed by atoms with Crippen LogP contribution in [0.5, 0.6) is 0 Å². The fourth-order valence-corrected chi connectivity index (χ4v) is 4.73. The monoisotopic (exact) mass is 458 g/mol. The van der Waals surface area contributed by atoms with Crippen LogP contribution in [0.4, 0.5) is 5.69 Å². The summed E-state index contributed by atoms with van der Waals surface area (Å²) in [5.41, 5.74) is 4.30. The van der Waals surface area contributed by atoms with Gasteiger partial charge in [-0.1, -0.05) is 35.5 Å². The van der Waals surface area contributed by atoms with Crippen molar-refractivity contribution in [1.29, 1.82) is 0 Å². The van der Waals surface area contributed by atoms with E-state index in [4.69, 9.17) is 4.42 Å². The van der Waals surface area contributed by atoms with Crippen molar-refractivity contribution in [2.45, 2.75) is 31.5 Å². The number of rotatable bonds is 7. The molecule has 2 aromatic heterocycles. The molecule has 0 bridgehead atoms. The first-order chi connectivity index (χ1) is 16.0. The van der Waals surface area contributed by atoms with E-state index in [2.05, 4.69) is 21.6 Å². The number of aryl methyl sites for hydroxylation is 1. The number of carbonyl (C=O) groups is 2. The lowest BCUT2D eigenvalue weighted by atomic mass is 9.99. The molecule has 0 radical (unpaired) electrons. The maximum atomic E-state index is 13.0. The summed E-state index contributed by atoms with van der Waals surface area (Å²) in [7, 11) is 0. The van der Waals surface area contributed by atoms with Crippen molar-refractivity contribution in [3.63, 3.8) is 0 Å². The van der Waals surface area contributed by atoms with Crippen LogP contribution in [0, 0.1) is 6.92 Å². The highest BCUT2D eigenvalue weighted by atomic mass is 32.2. The minimum atomic E-state index is -0.256. The Kier molecular flexibility index (Phi) is 5.60. The topological polar surface area (TPSA) is 90.0 Å². The van der Waals surface area contributed by atoms with Crippen LogP contribution < -0.4 is 5.32 Å². The summed E-state index contributed by atoms with van der Waals surface area (Å²) in [6, 6.07) is 17.2. The number of aromatic nitrogens is 3. The van der Waals surface area contributed by atoms with E-state index < -0.39 is 0 Å². The third-order valence-corrected chi connectivity index (χ3v) is 6.68. The second-order valence-electron chi connectivity index (χ2n) is 8.07. The number of thioether (sulfide) groups is 1. The van der Waals surface area contributed by atoms with Crippen LogP contribution >= 0.6 is 11.8 Å². The normalized spacial score (nSPS) is 14.8. The van der Waals surface area contributed by atoms with Gasteiger partial charge in [0.2, 0.25) is 5.91 Å². The predicted octanol–water partition coefficient (Wildman–Crippen LogP) is 4.93. The molecular formula is C25H22N4O3S. The molecule has 0 fully saturated rings. The molecule has 1 aliphatic rings. The molecule has 1 aliphatic heterocycles. The summed E-state index contributed by atoms with van der Waals surface area (Å²) in [4.78, 5) is 24.9. The quantitative estimate of drug-likeness (QED) is 0.312. The molecule has 7 nitrogen and oxygen atoms in total. The van der Waals surface area contributed by atoms with E-state index in [1.807, 2.05) is 54.8 Å². The van der Waals surface area contributed by atoms with Gasteiger partial charge in [0.25, 0.3) is 0 Å². The Morgan fingerprint density at radius 2 is 2.03 bits per heavy atom. The van der Waals surface area contributed by atoms with Gasteiger partial charge < -0.3 is 9.73 Å². The maximum absolute atomic E-state index is 13.0. The summed E-state index contributed by atoms with van der Waals surface area (Å²) >= 11 is 1.34. The average molecular weight is 459 g/mol. The Morgan fingerprint density at radius 3 is 2.82 bits per heavy atom. The predicted molar refractivity (Wildman–Crippen MR) is 127 cm³/mol. The van der Waals surface area contributed by atoms with E-state index in [-0.39, 0.29) is 23.4 Å². The summed E-state index contributed by atoms with van der Waals surface area (Å²) in [6.07, 6.45) is 1.64. The largest absolute Gasteiger partial charge is 0.467 e. The minimum Gasteiger partial charge on any atom is -0.467 e. The molecule has 1 N–H and O–H groups in total. The van der Waals surface area contributed by atoms with Gasteiger partial charge in [0.05, 0.1) is 24.5 Å². The molecule has 3 heterocycles. The van der Waals surface area contributed by atoms with E-state index in [9.17, 15) is 9.59 Å². The van der Waals surface area contributed by atoms with Gasteiger partial charge in [0, 0.05) is 16.8 Å². The van der Waals surface area contributed by atoms with E-state index in [0.717, 1.165) is 34.0 Å². The van der Waals surface area contributed by atoms with Gasteiger partial charge in [-0.2, -0.15) is 0 Å². The van der Waals surface area contributed by atoms with Gasteiger partial charge in [-0.3, -0.25) is 14.2 Å². The molecule has 1 atom stereocenters. The Bertz CT molecular complexity index is 1340. The maximum Gasteiger partial charge on any atom is 0.231 e. The lowest BCUT2D eigenvalue weighted by Gasteiger charge is -2.09. The molecule has 1 amide bonds. The van der Waals surface area contributed by atoms with Crippen molar-refractivity contribution in [3.05, 3.63) is 83.3 Å². The molecule has 2 aromatic carbocycles. The molecule has 5 rings (SSSR count). The molecule has 4 aromatic rings. The smallest absolute Gasteiger partial charge is 0.231 e. The third kappa shape index (κ3) is 4.21. The Balaban J connectivity index is 1.39. The molecular weight excluding hydrogens is 436 g/mol. The van der Waals surface area contributed by atoms with Gasteiger partial charge in [0.1, 0.15) is 5.76 Å². The highest BCUT2D eigenvalue weighted by Crippen LogP contribution is 2.33. The zero-order chi connectivity index (χ0) is 22.9. The number of nitrogens with one attached hydrogen (secondary N) is 1. The van der Waals surface area contributed by atoms with Crippen LogP contribution in [-0.2, 0) is 11.3 Å². The molecule has 166 valence electrons. The first kappa shape index (κ1) is 21.2. The van der Waals surface area contributed by atoms with Gasteiger partial charge in [0.15, 0.2) is 16.8 Å². The first-order valence-corrected chi connectivity index (χ1v) is 11.6. The van der Waals surface area contributed by atoms with E-state index in [0.29, 0.717) is 17.3 Å². The standard InChI is InChI=1S/C25H22N4O3S/c1-15-5-3-6-18(11-15)23-27-28-25(29(23)13-19-7-4-10-32-19)33-14-22(30)17-8-9-21-20(12-17)16(2)24(31)26-21/h3-12,16H,13-14H2,1-2H3,(H,26,31). The van der Waals surface area contributed by atoms with Crippen LogP contribution in [0.25, 0.3) is 11.4 Å². The number of ketones is 1. The van der Waals surface area contributed by atoms with Crippen molar-refractivity contribution in [3.8, 4) is 11.4 Å². The molecule has 0 aliphatic carbocycles. The summed E-state index contributed by atoms with van der Waals surface area (Å²) < 4.78 is 7.52. The number of fused-ring (bicyclic) bond motifs is 1. The fraction of sp³-hybridized carbons (Fsp3) is 0.200. The number of anilines is 1. The summed E-state index contributed by atoms with van der Waals surface area (Å²) in [6.45, 7) is 4.34. The zero-order valence-corrected chi connectivity index (χ0v) is 19.1. The van der Waals surface area contributed by atoms with E-state index in [1.165, 1.54) is 11.8 Å². The molecule has 8 heteroatoms.